The Morgan fingerprint density at radius 3 is 2.68 bits per heavy atom. The van der Waals surface area contributed by atoms with Crippen LogP contribution in [-0.2, 0) is 0 Å². The van der Waals surface area contributed by atoms with Crippen molar-refractivity contribution >= 4 is 34.8 Å². The van der Waals surface area contributed by atoms with Crippen LogP contribution in [0.1, 0.15) is 31.2 Å². The molecule has 0 atom stereocenters. The number of rotatable bonds is 5. The minimum absolute atomic E-state index is 0.398. The molecule has 0 fully saturated rings. The van der Waals surface area contributed by atoms with Crippen LogP contribution >= 0.6 is 15.9 Å². The molecular formula is C18H18BBrN2. The van der Waals surface area contributed by atoms with Gasteiger partial charge in [-0.15, -0.1) is 0 Å². The summed E-state index contributed by atoms with van der Waals surface area (Å²) in [6.45, 7) is 12.0. The van der Waals surface area contributed by atoms with E-state index in [1.807, 2.05) is 22.9 Å². The Morgan fingerprint density at radius 1 is 1.41 bits per heavy atom. The average Bonchev–Trinajstić information content (AvgIpc) is 2.92. The third-order valence-corrected chi connectivity index (χ3v) is 3.86. The van der Waals surface area contributed by atoms with Crippen molar-refractivity contribution in [1.29, 1.82) is 0 Å². The zero-order valence-corrected chi connectivity index (χ0v) is 14.5. The van der Waals surface area contributed by atoms with Crippen LogP contribution in [-0.4, -0.2) is 17.4 Å². The van der Waals surface area contributed by atoms with E-state index in [9.17, 15) is 0 Å². The number of hydrogen-bond donors (Lipinski definition) is 0. The zero-order valence-electron chi connectivity index (χ0n) is 12.9. The number of allylic oxidation sites excluding steroid dienone is 4. The maximum absolute atomic E-state index is 6.18. The molecule has 1 aromatic carbocycles. The molecule has 110 valence electrons. The largest absolute Gasteiger partial charge is 0.300 e. The van der Waals surface area contributed by atoms with Gasteiger partial charge in [0.2, 0.25) is 0 Å². The van der Waals surface area contributed by atoms with Crippen molar-refractivity contribution in [2.75, 3.05) is 0 Å². The van der Waals surface area contributed by atoms with Crippen molar-refractivity contribution in [2.24, 2.45) is 0 Å². The Bertz CT molecular complexity index is 741. The molecule has 0 bridgehead atoms. The number of aromatic nitrogens is 2. The van der Waals surface area contributed by atoms with E-state index < -0.39 is 0 Å². The number of nitrogens with zero attached hydrogens (tertiary/aromatic N) is 2. The Morgan fingerprint density at radius 2 is 2.14 bits per heavy atom. The molecule has 0 amide bonds. The summed E-state index contributed by atoms with van der Waals surface area (Å²) in [5.41, 5.74) is 3.79. The highest BCUT2D eigenvalue weighted by atomic mass is 79.9. The van der Waals surface area contributed by atoms with Crippen molar-refractivity contribution in [2.45, 2.75) is 19.8 Å². The Kier molecular flexibility index (Phi) is 5.25. The van der Waals surface area contributed by atoms with Gasteiger partial charge in [0.1, 0.15) is 13.7 Å². The lowest BCUT2D eigenvalue weighted by molar-refractivity contribution is 0.872. The molecule has 0 N–H and O–H groups in total. The fourth-order valence-corrected chi connectivity index (χ4v) is 2.66. The predicted octanol–water partition coefficient (Wildman–Crippen LogP) is 4.27. The molecule has 0 aliphatic heterocycles. The Labute approximate surface area is 141 Å². The second-order valence-electron chi connectivity index (χ2n) is 5.31. The SMILES string of the molecule is [B]c1cc(-n2ccnc2/C(=C/C=C)C(=C)Br)ccc1C(C)C. The van der Waals surface area contributed by atoms with E-state index in [4.69, 9.17) is 7.85 Å². The number of imidazole rings is 1. The molecule has 2 nitrogen and oxygen atoms in total. The fourth-order valence-electron chi connectivity index (χ4n) is 2.35. The highest BCUT2D eigenvalue weighted by Gasteiger charge is 2.12. The van der Waals surface area contributed by atoms with Gasteiger partial charge in [-0.1, -0.05) is 72.2 Å². The van der Waals surface area contributed by atoms with Crippen LogP contribution in [0.3, 0.4) is 0 Å². The maximum atomic E-state index is 6.18. The minimum Gasteiger partial charge on any atom is -0.300 e. The van der Waals surface area contributed by atoms with Crippen LogP contribution in [0.15, 0.2) is 60.4 Å². The van der Waals surface area contributed by atoms with Gasteiger partial charge in [0, 0.05) is 28.1 Å². The second-order valence-corrected chi connectivity index (χ2v) is 6.27. The van der Waals surface area contributed by atoms with Gasteiger partial charge in [-0.2, -0.15) is 0 Å². The predicted molar refractivity (Wildman–Crippen MR) is 99.3 cm³/mol. The van der Waals surface area contributed by atoms with Crippen LogP contribution in [0.4, 0.5) is 0 Å². The Balaban J connectivity index is 2.54. The standard InChI is InChI=1S/C18H18BBrN2/c1-5-6-16(13(4)20)18-21-9-10-22(18)14-7-8-15(12(2)3)17(19)11-14/h5-12H,1,4H2,2-3H3/b16-6+. The summed E-state index contributed by atoms with van der Waals surface area (Å²) in [6, 6.07) is 6.10. The summed E-state index contributed by atoms with van der Waals surface area (Å²) in [4.78, 5) is 4.44. The topological polar surface area (TPSA) is 17.8 Å². The van der Waals surface area contributed by atoms with Crippen LogP contribution in [0, 0.1) is 0 Å². The van der Waals surface area contributed by atoms with Gasteiger partial charge >= 0.3 is 0 Å². The quantitative estimate of drug-likeness (QED) is 0.580. The van der Waals surface area contributed by atoms with Gasteiger partial charge in [-0.25, -0.2) is 4.98 Å². The van der Waals surface area contributed by atoms with E-state index in [0.29, 0.717) is 5.92 Å². The molecule has 2 rings (SSSR count). The average molecular weight is 353 g/mol. The molecule has 0 saturated carbocycles. The minimum atomic E-state index is 0.398. The third-order valence-electron chi connectivity index (χ3n) is 3.43. The van der Waals surface area contributed by atoms with Crippen molar-refractivity contribution < 1.29 is 0 Å². The molecule has 0 aliphatic rings. The molecule has 0 aliphatic carbocycles. The zero-order chi connectivity index (χ0) is 16.3. The van der Waals surface area contributed by atoms with Gasteiger partial charge in [0.25, 0.3) is 0 Å². The maximum Gasteiger partial charge on any atom is 0.145 e. The van der Waals surface area contributed by atoms with E-state index in [0.717, 1.165) is 32.6 Å². The smallest absolute Gasteiger partial charge is 0.145 e. The molecule has 1 aromatic heterocycles. The first-order valence-electron chi connectivity index (χ1n) is 7.06. The van der Waals surface area contributed by atoms with Crippen molar-refractivity contribution in [3.05, 3.63) is 71.8 Å². The van der Waals surface area contributed by atoms with Crippen LogP contribution in [0.2, 0.25) is 0 Å². The monoisotopic (exact) mass is 352 g/mol. The first-order valence-corrected chi connectivity index (χ1v) is 7.86. The van der Waals surface area contributed by atoms with Crippen molar-refractivity contribution in [1.82, 2.24) is 9.55 Å². The van der Waals surface area contributed by atoms with Gasteiger partial charge in [0.05, 0.1) is 0 Å². The van der Waals surface area contributed by atoms with Crippen LogP contribution < -0.4 is 5.46 Å². The first-order chi connectivity index (χ1) is 10.5. The van der Waals surface area contributed by atoms with E-state index in [1.165, 1.54) is 0 Å². The second kappa shape index (κ2) is 6.97. The Hall–Kier alpha value is -1.81. The number of benzene rings is 1. The third kappa shape index (κ3) is 3.33. The lowest BCUT2D eigenvalue weighted by Crippen LogP contribution is -2.13. The summed E-state index contributed by atoms with van der Waals surface area (Å²) < 4.78 is 2.74. The van der Waals surface area contributed by atoms with Gasteiger partial charge in [0.15, 0.2) is 0 Å². The molecule has 2 radical (unpaired) electrons. The summed E-state index contributed by atoms with van der Waals surface area (Å²) >= 11 is 3.43. The molecule has 0 spiro atoms. The van der Waals surface area contributed by atoms with Crippen LogP contribution in [0.5, 0.6) is 0 Å². The number of halogens is 1. The van der Waals surface area contributed by atoms with Crippen molar-refractivity contribution in [3.8, 4) is 5.69 Å². The molecule has 0 unspecified atom stereocenters. The molecule has 1 heterocycles. The van der Waals surface area contributed by atoms with E-state index in [1.54, 1.807) is 12.3 Å². The van der Waals surface area contributed by atoms with E-state index in [-0.39, 0.29) is 0 Å². The van der Waals surface area contributed by atoms with E-state index in [2.05, 4.69) is 60.1 Å². The molecule has 22 heavy (non-hydrogen) atoms. The fraction of sp³-hybridized carbons (Fsp3) is 0.167. The first kappa shape index (κ1) is 16.6. The summed E-state index contributed by atoms with van der Waals surface area (Å²) in [7, 11) is 6.18. The van der Waals surface area contributed by atoms with Crippen molar-refractivity contribution in [3.63, 3.8) is 0 Å². The molecule has 0 saturated heterocycles. The summed E-state index contributed by atoms with van der Waals surface area (Å²) in [5, 5.41) is 0. The van der Waals surface area contributed by atoms with E-state index >= 15 is 0 Å². The van der Waals surface area contributed by atoms with Gasteiger partial charge in [-0.3, -0.25) is 4.57 Å². The highest BCUT2D eigenvalue weighted by molar-refractivity contribution is 9.12. The molecular weight excluding hydrogens is 335 g/mol. The summed E-state index contributed by atoms with van der Waals surface area (Å²) in [6.07, 6.45) is 7.26. The van der Waals surface area contributed by atoms with Crippen LogP contribution in [0.25, 0.3) is 11.3 Å². The normalized spacial score (nSPS) is 11.7. The lowest BCUT2D eigenvalue weighted by Gasteiger charge is -2.15. The molecule has 4 heteroatoms. The van der Waals surface area contributed by atoms with Gasteiger partial charge < -0.3 is 0 Å². The molecule has 2 aromatic rings. The van der Waals surface area contributed by atoms with Gasteiger partial charge in [-0.05, 0) is 18.1 Å². The number of hydrogen-bond acceptors (Lipinski definition) is 1. The highest BCUT2D eigenvalue weighted by Crippen LogP contribution is 2.27. The summed E-state index contributed by atoms with van der Waals surface area (Å²) in [5.74, 6) is 1.19. The lowest BCUT2D eigenvalue weighted by atomic mass is 9.85.